The first-order valence-corrected chi connectivity index (χ1v) is 9.24. The summed E-state index contributed by atoms with van der Waals surface area (Å²) in [6, 6.07) is 0. The maximum Gasteiger partial charge on any atom is 0.261 e. The van der Waals surface area contributed by atoms with E-state index < -0.39 is 0 Å². The van der Waals surface area contributed by atoms with Crippen molar-refractivity contribution in [1.29, 1.82) is 0 Å². The summed E-state index contributed by atoms with van der Waals surface area (Å²) < 4.78 is 7.00. The van der Waals surface area contributed by atoms with Gasteiger partial charge in [-0.1, -0.05) is 6.92 Å². The van der Waals surface area contributed by atoms with Crippen LogP contribution in [-0.4, -0.2) is 45.8 Å². The van der Waals surface area contributed by atoms with Crippen LogP contribution in [0.1, 0.15) is 52.4 Å². The van der Waals surface area contributed by atoms with E-state index >= 15 is 0 Å². The molecule has 0 aliphatic carbocycles. The zero-order valence-electron chi connectivity index (χ0n) is 14.7. The van der Waals surface area contributed by atoms with Crippen LogP contribution in [0.4, 0.5) is 0 Å². The van der Waals surface area contributed by atoms with Crippen molar-refractivity contribution >= 4 is 17.2 Å². The molecule has 0 spiro atoms. The van der Waals surface area contributed by atoms with Gasteiger partial charge in [-0.25, -0.2) is 9.67 Å². The van der Waals surface area contributed by atoms with Crippen LogP contribution < -0.4 is 4.74 Å². The number of aromatic nitrogens is 3. The highest BCUT2D eigenvalue weighted by Gasteiger charge is 2.31. The van der Waals surface area contributed by atoms with Gasteiger partial charge in [0.2, 0.25) is 5.88 Å². The number of amides is 1. The molecular weight excluding hydrogens is 324 g/mol. The van der Waals surface area contributed by atoms with Gasteiger partial charge >= 0.3 is 0 Å². The minimum Gasteiger partial charge on any atom is -0.481 e. The van der Waals surface area contributed by atoms with Crippen LogP contribution in [-0.2, 0) is 13.5 Å². The van der Waals surface area contributed by atoms with E-state index in [0.717, 1.165) is 36.5 Å². The summed E-state index contributed by atoms with van der Waals surface area (Å²) in [7, 11) is 3.37. The third-order valence-corrected chi connectivity index (χ3v) is 5.62. The molecule has 3 rings (SSSR count). The van der Waals surface area contributed by atoms with E-state index in [9.17, 15) is 4.79 Å². The average Bonchev–Trinajstić information content (AvgIpc) is 3.18. The van der Waals surface area contributed by atoms with Gasteiger partial charge < -0.3 is 9.64 Å². The van der Waals surface area contributed by atoms with Crippen LogP contribution in [0.5, 0.6) is 5.88 Å². The second kappa shape index (κ2) is 6.93. The van der Waals surface area contributed by atoms with Crippen molar-refractivity contribution in [2.75, 3.05) is 20.2 Å². The molecule has 0 aromatic carbocycles. The second-order valence-corrected chi connectivity index (χ2v) is 7.10. The molecule has 7 heteroatoms. The predicted molar refractivity (Wildman–Crippen MR) is 93.9 cm³/mol. The molecule has 0 N–H and O–H groups in total. The number of thiazole rings is 1. The number of ether oxygens (including phenoxy) is 1. The van der Waals surface area contributed by atoms with Gasteiger partial charge in [0.15, 0.2) is 0 Å². The van der Waals surface area contributed by atoms with Gasteiger partial charge in [0.05, 0.1) is 23.5 Å². The molecule has 24 heavy (non-hydrogen) atoms. The first-order chi connectivity index (χ1) is 11.5. The lowest BCUT2D eigenvalue weighted by Crippen LogP contribution is -2.39. The van der Waals surface area contributed by atoms with E-state index in [1.807, 2.05) is 11.8 Å². The molecule has 0 bridgehead atoms. The number of carbonyl (C=O) groups is 1. The smallest absolute Gasteiger partial charge is 0.261 e. The highest BCUT2D eigenvalue weighted by Crippen LogP contribution is 2.31. The van der Waals surface area contributed by atoms with Gasteiger partial charge in [0, 0.05) is 31.4 Å². The minimum absolute atomic E-state index is 0.00872. The van der Waals surface area contributed by atoms with Crippen molar-refractivity contribution in [3.8, 4) is 5.88 Å². The molecule has 1 amide bonds. The van der Waals surface area contributed by atoms with Crippen molar-refractivity contribution in [3.63, 3.8) is 0 Å². The number of aryl methyl sites for hydroxylation is 3. The molecule has 2 aromatic heterocycles. The number of carbonyl (C=O) groups excluding carboxylic acids is 1. The molecule has 2 aromatic rings. The summed E-state index contributed by atoms with van der Waals surface area (Å²) in [6.45, 7) is 5.46. The number of piperidine rings is 1. The lowest BCUT2D eigenvalue weighted by molar-refractivity contribution is 0.0702. The van der Waals surface area contributed by atoms with Gasteiger partial charge in [-0.15, -0.1) is 11.3 Å². The Morgan fingerprint density at radius 3 is 2.96 bits per heavy atom. The number of likely N-dealkylation sites (tertiary alicyclic amines) is 1. The molecule has 1 atom stereocenters. The van der Waals surface area contributed by atoms with Gasteiger partial charge in [-0.05, 0) is 26.2 Å². The summed E-state index contributed by atoms with van der Waals surface area (Å²) in [4.78, 5) is 19.7. The van der Waals surface area contributed by atoms with Crippen LogP contribution in [0.2, 0.25) is 0 Å². The highest BCUT2D eigenvalue weighted by atomic mass is 32.1. The van der Waals surface area contributed by atoms with Crippen molar-refractivity contribution in [2.24, 2.45) is 7.05 Å². The van der Waals surface area contributed by atoms with Crippen molar-refractivity contribution in [3.05, 3.63) is 27.3 Å². The lowest BCUT2D eigenvalue weighted by Gasteiger charge is -2.32. The van der Waals surface area contributed by atoms with Crippen LogP contribution in [0.15, 0.2) is 5.38 Å². The maximum atomic E-state index is 13.0. The fourth-order valence-corrected chi connectivity index (χ4v) is 4.34. The molecule has 3 heterocycles. The molecular formula is C17H24N4O2S. The van der Waals surface area contributed by atoms with Crippen LogP contribution in [0.3, 0.4) is 0 Å². The Hall–Kier alpha value is -1.89. The Morgan fingerprint density at radius 2 is 2.29 bits per heavy atom. The quantitative estimate of drug-likeness (QED) is 0.852. The van der Waals surface area contributed by atoms with E-state index in [-0.39, 0.29) is 5.91 Å². The van der Waals surface area contributed by atoms with E-state index in [1.165, 1.54) is 0 Å². The van der Waals surface area contributed by atoms with Gasteiger partial charge in [-0.2, -0.15) is 5.10 Å². The standard InChI is InChI=1S/C17H24N4O2S/c1-5-13-10-24-15(18-13)12-7-6-8-21(9-12)16(22)14-11(2)19-20(3)17(14)23-4/h10,12H,5-9H2,1-4H3/t12-/m1/s1. The molecule has 1 aliphatic heterocycles. The van der Waals surface area contributed by atoms with Crippen molar-refractivity contribution < 1.29 is 9.53 Å². The Labute approximate surface area is 146 Å². The topological polar surface area (TPSA) is 60.2 Å². The molecule has 6 nitrogen and oxygen atoms in total. The monoisotopic (exact) mass is 348 g/mol. The zero-order valence-corrected chi connectivity index (χ0v) is 15.5. The third-order valence-electron chi connectivity index (χ3n) is 4.57. The number of hydrogen-bond acceptors (Lipinski definition) is 5. The lowest BCUT2D eigenvalue weighted by atomic mass is 9.98. The Kier molecular flexibility index (Phi) is 4.89. The van der Waals surface area contributed by atoms with Gasteiger partial charge in [-0.3, -0.25) is 4.79 Å². The summed E-state index contributed by atoms with van der Waals surface area (Å²) >= 11 is 1.71. The molecule has 0 saturated carbocycles. The van der Waals surface area contributed by atoms with Crippen molar-refractivity contribution in [2.45, 2.75) is 39.0 Å². The first-order valence-electron chi connectivity index (χ1n) is 8.36. The number of hydrogen-bond donors (Lipinski definition) is 0. The molecule has 0 unspecified atom stereocenters. The molecule has 130 valence electrons. The van der Waals surface area contributed by atoms with E-state index in [2.05, 4.69) is 17.4 Å². The SMILES string of the molecule is CCc1csc([C@@H]2CCCN(C(=O)c3c(C)nn(C)c3OC)C2)n1. The average molecular weight is 348 g/mol. The summed E-state index contributed by atoms with van der Waals surface area (Å²) in [5.74, 6) is 0.868. The van der Waals surface area contributed by atoms with E-state index in [1.54, 1.807) is 30.2 Å². The predicted octanol–water partition coefficient (Wildman–Crippen LogP) is 2.78. The fourth-order valence-electron chi connectivity index (χ4n) is 3.31. The normalized spacial score (nSPS) is 18.0. The van der Waals surface area contributed by atoms with E-state index in [4.69, 9.17) is 9.72 Å². The molecule has 1 aliphatic rings. The minimum atomic E-state index is 0.00872. The fraction of sp³-hybridized carbons (Fsp3) is 0.588. The van der Waals surface area contributed by atoms with Crippen LogP contribution >= 0.6 is 11.3 Å². The maximum absolute atomic E-state index is 13.0. The highest BCUT2D eigenvalue weighted by molar-refractivity contribution is 7.09. The zero-order chi connectivity index (χ0) is 17.3. The molecule has 1 fully saturated rings. The molecule has 0 radical (unpaired) electrons. The first kappa shape index (κ1) is 17.0. The van der Waals surface area contributed by atoms with E-state index in [0.29, 0.717) is 29.6 Å². The second-order valence-electron chi connectivity index (χ2n) is 6.21. The largest absolute Gasteiger partial charge is 0.481 e. The summed E-state index contributed by atoms with van der Waals surface area (Å²) in [5.41, 5.74) is 2.43. The van der Waals surface area contributed by atoms with Gasteiger partial charge in [0.1, 0.15) is 5.56 Å². The van der Waals surface area contributed by atoms with Crippen LogP contribution in [0, 0.1) is 6.92 Å². The summed E-state index contributed by atoms with van der Waals surface area (Å²) in [5, 5.41) is 7.60. The number of nitrogens with zero attached hydrogens (tertiary/aromatic N) is 4. The number of rotatable bonds is 4. The molecule has 1 saturated heterocycles. The third kappa shape index (κ3) is 3.05. The Bertz CT molecular complexity index is 737. The summed E-state index contributed by atoms with van der Waals surface area (Å²) in [6.07, 6.45) is 3.04. The Morgan fingerprint density at radius 1 is 1.50 bits per heavy atom. The van der Waals surface area contributed by atoms with Crippen LogP contribution in [0.25, 0.3) is 0 Å². The number of methoxy groups -OCH3 is 1. The van der Waals surface area contributed by atoms with Crippen molar-refractivity contribution in [1.82, 2.24) is 19.7 Å². The van der Waals surface area contributed by atoms with Gasteiger partial charge in [0.25, 0.3) is 5.91 Å². The Balaban J connectivity index is 1.81.